The molecule has 0 aliphatic carbocycles. The highest BCUT2D eigenvalue weighted by Gasteiger charge is 2.25. The van der Waals surface area contributed by atoms with Crippen LogP contribution in [0.5, 0.6) is 5.75 Å². The minimum absolute atomic E-state index is 0.0340. The van der Waals surface area contributed by atoms with Gasteiger partial charge < -0.3 is 20.3 Å². The van der Waals surface area contributed by atoms with Crippen LogP contribution in [0.3, 0.4) is 0 Å². The fraction of sp³-hybridized carbons (Fsp3) is 0.391. The molecule has 1 fully saturated rings. The quantitative estimate of drug-likeness (QED) is 0.687. The van der Waals surface area contributed by atoms with Crippen LogP contribution in [0, 0.1) is 0 Å². The number of para-hydroxylation sites is 2. The van der Waals surface area contributed by atoms with E-state index in [9.17, 15) is 9.59 Å². The molecule has 0 aromatic heterocycles. The van der Waals surface area contributed by atoms with Gasteiger partial charge >= 0.3 is 11.8 Å². The smallest absolute Gasteiger partial charge is 0.313 e. The van der Waals surface area contributed by atoms with Crippen molar-refractivity contribution in [2.75, 3.05) is 51.1 Å². The summed E-state index contributed by atoms with van der Waals surface area (Å²) in [6.07, 6.45) is 2.29. The lowest BCUT2D eigenvalue weighted by Gasteiger charge is -2.28. The van der Waals surface area contributed by atoms with Crippen molar-refractivity contribution in [3.05, 3.63) is 54.1 Å². The van der Waals surface area contributed by atoms with Gasteiger partial charge in [-0.25, -0.2) is 0 Å². The molecule has 2 aromatic rings. The molecular weight excluding hydrogens is 380 g/mol. The third kappa shape index (κ3) is 5.30. The van der Waals surface area contributed by atoms with Crippen molar-refractivity contribution in [1.82, 2.24) is 10.2 Å². The molecular formula is C23H30N4O3. The Bertz CT molecular complexity index is 861. The first-order valence-corrected chi connectivity index (χ1v) is 10.2. The molecule has 1 atom stereocenters. The zero-order valence-corrected chi connectivity index (χ0v) is 17.9. The van der Waals surface area contributed by atoms with Crippen LogP contribution in [0.2, 0.25) is 0 Å². The maximum Gasteiger partial charge on any atom is 0.313 e. The summed E-state index contributed by atoms with van der Waals surface area (Å²) in [6.45, 7) is 2.35. The lowest BCUT2D eigenvalue weighted by Crippen LogP contribution is -2.41. The molecule has 1 aliphatic heterocycles. The molecule has 7 nitrogen and oxygen atoms in total. The molecule has 2 aromatic carbocycles. The number of likely N-dealkylation sites (tertiary alicyclic amines) is 1. The van der Waals surface area contributed by atoms with Gasteiger partial charge in [-0.05, 0) is 55.8 Å². The topological polar surface area (TPSA) is 73.9 Å². The van der Waals surface area contributed by atoms with Gasteiger partial charge in [-0.3, -0.25) is 14.5 Å². The van der Waals surface area contributed by atoms with E-state index in [1.165, 1.54) is 7.11 Å². The number of carbonyl (C=O) groups is 2. The van der Waals surface area contributed by atoms with Crippen molar-refractivity contribution in [2.45, 2.75) is 18.9 Å². The number of hydrogen-bond acceptors (Lipinski definition) is 5. The number of rotatable bonds is 7. The SMILES string of the molecule is COc1ccccc1NC(=O)C(=O)NC[C@@H](c1ccc(N(C)C)cc1)N1CCCC1. The number of nitrogens with one attached hydrogen (secondary N) is 2. The second-order valence-electron chi connectivity index (χ2n) is 7.61. The minimum atomic E-state index is -0.706. The van der Waals surface area contributed by atoms with Gasteiger partial charge in [0.15, 0.2) is 0 Å². The normalized spacial score (nSPS) is 14.8. The molecule has 0 spiro atoms. The predicted molar refractivity (Wildman–Crippen MR) is 119 cm³/mol. The minimum Gasteiger partial charge on any atom is -0.495 e. The van der Waals surface area contributed by atoms with Crippen LogP contribution in [0.4, 0.5) is 11.4 Å². The van der Waals surface area contributed by atoms with Gasteiger partial charge in [-0.1, -0.05) is 24.3 Å². The first kappa shape index (κ1) is 21.6. The van der Waals surface area contributed by atoms with Crippen molar-refractivity contribution in [1.29, 1.82) is 0 Å². The molecule has 30 heavy (non-hydrogen) atoms. The summed E-state index contributed by atoms with van der Waals surface area (Å²) in [7, 11) is 5.54. The predicted octanol–water partition coefficient (Wildman–Crippen LogP) is 2.65. The molecule has 0 radical (unpaired) electrons. The van der Waals surface area contributed by atoms with E-state index in [-0.39, 0.29) is 6.04 Å². The Hall–Kier alpha value is -3.06. The summed E-state index contributed by atoms with van der Waals surface area (Å²) in [4.78, 5) is 29.2. The molecule has 0 unspecified atom stereocenters. The highest BCUT2D eigenvalue weighted by Crippen LogP contribution is 2.26. The second-order valence-corrected chi connectivity index (χ2v) is 7.61. The highest BCUT2D eigenvalue weighted by atomic mass is 16.5. The summed E-state index contributed by atoms with van der Waals surface area (Å²) >= 11 is 0. The van der Waals surface area contributed by atoms with Gasteiger partial charge in [-0.2, -0.15) is 0 Å². The Kier molecular flexibility index (Phi) is 7.30. The van der Waals surface area contributed by atoms with Gasteiger partial charge in [-0.15, -0.1) is 0 Å². The summed E-state index contributed by atoms with van der Waals surface area (Å²) in [6, 6.07) is 15.4. The second kappa shape index (κ2) is 10.1. The molecule has 160 valence electrons. The molecule has 3 rings (SSSR count). The maximum atomic E-state index is 12.5. The number of methoxy groups -OCH3 is 1. The van der Waals surface area contributed by atoms with E-state index < -0.39 is 11.8 Å². The summed E-state index contributed by atoms with van der Waals surface area (Å²) in [5.74, 6) is -0.854. The van der Waals surface area contributed by atoms with Crippen LogP contribution in [-0.2, 0) is 9.59 Å². The number of benzene rings is 2. The Morgan fingerprint density at radius 2 is 1.70 bits per heavy atom. The lowest BCUT2D eigenvalue weighted by atomic mass is 10.0. The van der Waals surface area contributed by atoms with Crippen molar-refractivity contribution in [3.63, 3.8) is 0 Å². The number of carbonyl (C=O) groups excluding carboxylic acids is 2. The van der Waals surface area contributed by atoms with Gasteiger partial charge in [0.05, 0.1) is 18.8 Å². The number of amides is 2. The van der Waals surface area contributed by atoms with E-state index in [4.69, 9.17) is 4.74 Å². The van der Waals surface area contributed by atoms with E-state index in [0.29, 0.717) is 18.0 Å². The van der Waals surface area contributed by atoms with Gasteiger partial charge in [0.1, 0.15) is 5.75 Å². The molecule has 7 heteroatoms. The van der Waals surface area contributed by atoms with E-state index in [1.807, 2.05) is 14.1 Å². The van der Waals surface area contributed by atoms with Crippen molar-refractivity contribution >= 4 is 23.2 Å². The maximum absolute atomic E-state index is 12.5. The van der Waals surface area contributed by atoms with Crippen molar-refractivity contribution in [3.8, 4) is 5.75 Å². The first-order chi connectivity index (χ1) is 14.5. The number of anilines is 2. The first-order valence-electron chi connectivity index (χ1n) is 10.2. The summed E-state index contributed by atoms with van der Waals surface area (Å²) < 4.78 is 5.22. The zero-order valence-electron chi connectivity index (χ0n) is 17.9. The molecule has 0 saturated carbocycles. The Labute approximate surface area is 178 Å². The third-order valence-corrected chi connectivity index (χ3v) is 5.39. The molecule has 1 saturated heterocycles. The molecule has 1 heterocycles. The number of ether oxygens (including phenoxy) is 1. The summed E-state index contributed by atoms with van der Waals surface area (Å²) in [5, 5.41) is 5.43. The Morgan fingerprint density at radius 3 is 2.33 bits per heavy atom. The van der Waals surface area contributed by atoms with Crippen molar-refractivity contribution < 1.29 is 14.3 Å². The van der Waals surface area contributed by atoms with Crippen LogP contribution in [0.25, 0.3) is 0 Å². The molecule has 0 bridgehead atoms. The van der Waals surface area contributed by atoms with E-state index in [0.717, 1.165) is 37.2 Å². The highest BCUT2D eigenvalue weighted by molar-refractivity contribution is 6.39. The molecule has 2 N–H and O–H groups in total. The van der Waals surface area contributed by atoms with Crippen molar-refractivity contribution in [2.24, 2.45) is 0 Å². The Morgan fingerprint density at radius 1 is 1.03 bits per heavy atom. The van der Waals surface area contributed by atoms with Gasteiger partial charge in [0, 0.05) is 26.3 Å². The third-order valence-electron chi connectivity index (χ3n) is 5.39. The largest absolute Gasteiger partial charge is 0.495 e. The van der Waals surface area contributed by atoms with E-state index in [2.05, 4.69) is 44.7 Å². The van der Waals surface area contributed by atoms with Crippen LogP contribution in [-0.4, -0.2) is 57.6 Å². The van der Waals surface area contributed by atoms with Crippen LogP contribution in [0.15, 0.2) is 48.5 Å². The average Bonchev–Trinajstić information content (AvgIpc) is 3.29. The van der Waals surface area contributed by atoms with Crippen LogP contribution < -0.4 is 20.3 Å². The standard InChI is InChI=1S/C23H30N4O3/c1-26(2)18-12-10-17(11-13-18)20(27-14-6-7-15-27)16-24-22(28)23(29)25-19-8-4-5-9-21(19)30-3/h4-5,8-13,20H,6-7,14-16H2,1-3H3,(H,24,28)(H,25,29)/t20-/m0/s1. The van der Waals surface area contributed by atoms with Crippen LogP contribution in [0.1, 0.15) is 24.4 Å². The van der Waals surface area contributed by atoms with E-state index >= 15 is 0 Å². The van der Waals surface area contributed by atoms with Gasteiger partial charge in [0.25, 0.3) is 0 Å². The monoisotopic (exact) mass is 410 g/mol. The average molecular weight is 411 g/mol. The fourth-order valence-corrected chi connectivity index (χ4v) is 3.70. The summed E-state index contributed by atoms with van der Waals surface area (Å²) in [5.41, 5.74) is 2.72. The molecule has 2 amide bonds. The lowest BCUT2D eigenvalue weighted by molar-refractivity contribution is -0.136. The van der Waals surface area contributed by atoms with Gasteiger partial charge in [0.2, 0.25) is 0 Å². The van der Waals surface area contributed by atoms with Crippen LogP contribution >= 0.6 is 0 Å². The number of nitrogens with zero attached hydrogens (tertiary/aromatic N) is 2. The molecule has 1 aliphatic rings. The number of hydrogen-bond donors (Lipinski definition) is 2. The Balaban J connectivity index is 1.66. The fourth-order valence-electron chi connectivity index (χ4n) is 3.70. The zero-order chi connectivity index (χ0) is 21.5. The van der Waals surface area contributed by atoms with E-state index in [1.54, 1.807) is 24.3 Å².